The molecule has 0 saturated heterocycles. The van der Waals surface area contributed by atoms with Gasteiger partial charge in [-0.1, -0.05) is 24.3 Å². The van der Waals surface area contributed by atoms with Crippen molar-refractivity contribution in [2.24, 2.45) is 0 Å². The van der Waals surface area contributed by atoms with E-state index >= 15 is 0 Å². The van der Waals surface area contributed by atoms with Crippen molar-refractivity contribution in [3.63, 3.8) is 0 Å². The highest BCUT2D eigenvalue weighted by molar-refractivity contribution is 7.13. The fraction of sp³-hybridized carbons (Fsp3) is 0.158. The van der Waals surface area contributed by atoms with Crippen LogP contribution in [-0.2, 0) is 0 Å². The topological polar surface area (TPSA) is 27.7 Å². The van der Waals surface area contributed by atoms with Crippen LogP contribution in [0.25, 0.3) is 21.6 Å². The molecule has 23 heavy (non-hydrogen) atoms. The van der Waals surface area contributed by atoms with Gasteiger partial charge in [0.2, 0.25) is 5.75 Å². The van der Waals surface area contributed by atoms with Crippen molar-refractivity contribution < 1.29 is 14.2 Å². The first kappa shape index (κ1) is 15.4. The molecule has 0 atom stereocenters. The molecule has 0 aliphatic heterocycles. The number of ether oxygens (including phenoxy) is 3. The van der Waals surface area contributed by atoms with Gasteiger partial charge in [0, 0.05) is 4.88 Å². The van der Waals surface area contributed by atoms with Crippen LogP contribution in [0.3, 0.4) is 0 Å². The van der Waals surface area contributed by atoms with Crippen molar-refractivity contribution in [1.82, 2.24) is 0 Å². The van der Waals surface area contributed by atoms with Gasteiger partial charge in [0.15, 0.2) is 11.5 Å². The summed E-state index contributed by atoms with van der Waals surface area (Å²) in [7, 11) is 4.86. The predicted octanol–water partition coefficient (Wildman–Crippen LogP) is 5.11. The Hall–Kier alpha value is -2.46. The van der Waals surface area contributed by atoms with Gasteiger partial charge in [0.1, 0.15) is 0 Å². The predicted molar refractivity (Wildman–Crippen MR) is 94.8 cm³/mol. The maximum atomic E-state index is 5.44. The average Bonchev–Trinajstić information content (AvgIpc) is 3.15. The van der Waals surface area contributed by atoms with E-state index in [0.29, 0.717) is 17.2 Å². The molecular formula is C19H18O3S. The molecule has 0 unspecified atom stereocenters. The second kappa shape index (κ2) is 6.75. The molecule has 3 nitrogen and oxygen atoms in total. The van der Waals surface area contributed by atoms with Gasteiger partial charge in [0.05, 0.1) is 21.3 Å². The Morgan fingerprint density at radius 1 is 0.696 bits per heavy atom. The van der Waals surface area contributed by atoms with Crippen LogP contribution in [0.5, 0.6) is 17.2 Å². The lowest BCUT2D eigenvalue weighted by atomic mass is 10.0. The lowest BCUT2D eigenvalue weighted by Gasteiger charge is -2.14. The second-order valence-corrected chi connectivity index (χ2v) is 5.92. The molecule has 2 aromatic carbocycles. The first-order valence-corrected chi connectivity index (χ1v) is 8.09. The van der Waals surface area contributed by atoms with Crippen LogP contribution in [-0.4, -0.2) is 21.3 Å². The van der Waals surface area contributed by atoms with Crippen LogP contribution in [0.2, 0.25) is 0 Å². The summed E-state index contributed by atoms with van der Waals surface area (Å²) in [4.78, 5) is 1.25. The summed E-state index contributed by atoms with van der Waals surface area (Å²) < 4.78 is 16.3. The smallest absolute Gasteiger partial charge is 0.203 e. The standard InChI is InChI=1S/C19H18O3S/c1-20-16-11-15(12-17(21-2)19(16)22-3)13-6-4-7-14(10-13)18-8-5-9-23-18/h4-12H,1-3H3. The average molecular weight is 326 g/mol. The SMILES string of the molecule is COc1cc(-c2cccc(-c3cccs3)c2)cc(OC)c1OC. The molecule has 0 bridgehead atoms. The molecule has 0 spiro atoms. The number of hydrogen-bond acceptors (Lipinski definition) is 4. The lowest BCUT2D eigenvalue weighted by molar-refractivity contribution is 0.324. The normalized spacial score (nSPS) is 10.4. The maximum absolute atomic E-state index is 5.44. The van der Waals surface area contributed by atoms with Crippen molar-refractivity contribution in [2.75, 3.05) is 21.3 Å². The van der Waals surface area contributed by atoms with E-state index in [9.17, 15) is 0 Å². The first-order valence-electron chi connectivity index (χ1n) is 7.21. The van der Waals surface area contributed by atoms with Gasteiger partial charge in [-0.25, -0.2) is 0 Å². The minimum absolute atomic E-state index is 0.605. The highest BCUT2D eigenvalue weighted by atomic mass is 32.1. The molecule has 1 heterocycles. The van der Waals surface area contributed by atoms with E-state index in [-0.39, 0.29) is 0 Å². The van der Waals surface area contributed by atoms with Crippen molar-refractivity contribution >= 4 is 11.3 Å². The van der Waals surface area contributed by atoms with E-state index in [4.69, 9.17) is 14.2 Å². The van der Waals surface area contributed by atoms with E-state index < -0.39 is 0 Å². The van der Waals surface area contributed by atoms with Gasteiger partial charge in [-0.05, 0) is 46.3 Å². The zero-order valence-corrected chi connectivity index (χ0v) is 14.1. The van der Waals surface area contributed by atoms with Crippen LogP contribution in [0.1, 0.15) is 0 Å². The zero-order chi connectivity index (χ0) is 16.2. The Kier molecular flexibility index (Phi) is 4.53. The number of thiophene rings is 1. The minimum Gasteiger partial charge on any atom is -0.493 e. The van der Waals surface area contributed by atoms with Crippen LogP contribution in [0, 0.1) is 0 Å². The molecule has 3 aromatic rings. The Morgan fingerprint density at radius 3 is 1.96 bits per heavy atom. The number of rotatable bonds is 5. The molecule has 1 aromatic heterocycles. The van der Waals surface area contributed by atoms with Gasteiger partial charge < -0.3 is 14.2 Å². The zero-order valence-electron chi connectivity index (χ0n) is 13.3. The van der Waals surface area contributed by atoms with Gasteiger partial charge in [-0.2, -0.15) is 0 Å². The number of methoxy groups -OCH3 is 3. The Balaban J connectivity index is 2.10. The number of benzene rings is 2. The van der Waals surface area contributed by atoms with E-state index in [2.05, 4.69) is 41.8 Å². The minimum atomic E-state index is 0.605. The fourth-order valence-corrected chi connectivity index (χ4v) is 3.27. The molecule has 0 N–H and O–H groups in total. The van der Waals surface area contributed by atoms with Gasteiger partial charge >= 0.3 is 0 Å². The Labute approximate surface area is 140 Å². The molecule has 0 aliphatic carbocycles. The summed E-state index contributed by atoms with van der Waals surface area (Å²) in [5.41, 5.74) is 3.33. The molecule has 0 radical (unpaired) electrons. The highest BCUT2D eigenvalue weighted by Gasteiger charge is 2.14. The summed E-state index contributed by atoms with van der Waals surface area (Å²) >= 11 is 1.73. The number of hydrogen-bond donors (Lipinski definition) is 0. The summed E-state index contributed by atoms with van der Waals surface area (Å²) in [5.74, 6) is 1.92. The largest absolute Gasteiger partial charge is 0.493 e. The van der Waals surface area contributed by atoms with Crippen LogP contribution in [0.4, 0.5) is 0 Å². The van der Waals surface area contributed by atoms with Gasteiger partial charge in [-0.15, -0.1) is 11.3 Å². The van der Waals surface area contributed by atoms with E-state index in [0.717, 1.165) is 11.1 Å². The van der Waals surface area contributed by atoms with Crippen LogP contribution < -0.4 is 14.2 Å². The van der Waals surface area contributed by atoms with E-state index in [1.54, 1.807) is 32.7 Å². The molecular weight excluding hydrogens is 308 g/mol. The third-order valence-corrected chi connectivity index (χ3v) is 4.59. The third-order valence-electron chi connectivity index (χ3n) is 3.67. The summed E-state index contributed by atoms with van der Waals surface area (Å²) in [5, 5.41) is 2.08. The molecule has 3 rings (SSSR count). The van der Waals surface area contributed by atoms with Crippen LogP contribution in [0.15, 0.2) is 53.9 Å². The lowest BCUT2D eigenvalue weighted by Crippen LogP contribution is -1.95. The molecule has 0 amide bonds. The third kappa shape index (κ3) is 3.03. The van der Waals surface area contributed by atoms with Gasteiger partial charge in [0.25, 0.3) is 0 Å². The van der Waals surface area contributed by atoms with E-state index in [1.807, 2.05) is 12.1 Å². The first-order chi connectivity index (χ1) is 11.3. The van der Waals surface area contributed by atoms with E-state index in [1.165, 1.54) is 10.4 Å². The Morgan fingerprint density at radius 2 is 1.39 bits per heavy atom. The fourth-order valence-electron chi connectivity index (χ4n) is 2.54. The second-order valence-electron chi connectivity index (χ2n) is 4.97. The quantitative estimate of drug-likeness (QED) is 0.652. The molecule has 118 valence electrons. The van der Waals surface area contributed by atoms with Crippen molar-refractivity contribution in [2.45, 2.75) is 0 Å². The summed E-state index contributed by atoms with van der Waals surface area (Å²) in [6, 6.07) is 16.6. The molecule has 0 aliphatic rings. The molecule has 4 heteroatoms. The van der Waals surface area contributed by atoms with Crippen LogP contribution >= 0.6 is 11.3 Å². The molecule has 0 saturated carbocycles. The monoisotopic (exact) mass is 326 g/mol. The Bertz CT molecular complexity index is 769. The highest BCUT2D eigenvalue weighted by Crippen LogP contribution is 2.41. The summed E-state index contributed by atoms with van der Waals surface area (Å²) in [6.45, 7) is 0. The van der Waals surface area contributed by atoms with Crippen molar-refractivity contribution in [1.29, 1.82) is 0 Å². The van der Waals surface area contributed by atoms with Gasteiger partial charge in [-0.3, -0.25) is 0 Å². The maximum Gasteiger partial charge on any atom is 0.203 e. The molecule has 0 fully saturated rings. The summed E-state index contributed by atoms with van der Waals surface area (Å²) in [6.07, 6.45) is 0. The van der Waals surface area contributed by atoms with Crippen molar-refractivity contribution in [3.8, 4) is 38.8 Å². The van der Waals surface area contributed by atoms with Crippen molar-refractivity contribution in [3.05, 3.63) is 53.9 Å².